The number of nitrogens with one attached hydrogen (secondary N) is 1. The van der Waals surface area contributed by atoms with E-state index < -0.39 is 0 Å². The summed E-state index contributed by atoms with van der Waals surface area (Å²) in [6.07, 6.45) is 0.809. The van der Waals surface area contributed by atoms with Gasteiger partial charge in [0, 0.05) is 24.2 Å². The molecule has 2 rings (SSSR count). The average molecular weight is 271 g/mol. The van der Waals surface area contributed by atoms with Crippen LogP contribution in [0.5, 0.6) is 5.88 Å². The Labute approximate surface area is 120 Å². The van der Waals surface area contributed by atoms with Gasteiger partial charge in [-0.25, -0.2) is 4.98 Å². The Balaban J connectivity index is 2.19. The van der Waals surface area contributed by atoms with Crippen LogP contribution in [0.2, 0.25) is 0 Å². The molecular weight excluding hydrogens is 250 g/mol. The molecular formula is C16H21N3O. The molecule has 0 saturated heterocycles. The Morgan fingerprint density at radius 1 is 1.20 bits per heavy atom. The molecule has 20 heavy (non-hydrogen) atoms. The van der Waals surface area contributed by atoms with Crippen LogP contribution in [0.1, 0.15) is 30.0 Å². The predicted octanol–water partition coefficient (Wildman–Crippen LogP) is 2.69. The van der Waals surface area contributed by atoms with E-state index in [9.17, 15) is 0 Å². The monoisotopic (exact) mass is 271 g/mol. The third kappa shape index (κ3) is 3.78. The van der Waals surface area contributed by atoms with Crippen molar-refractivity contribution in [3.63, 3.8) is 0 Å². The van der Waals surface area contributed by atoms with E-state index in [4.69, 9.17) is 4.74 Å². The van der Waals surface area contributed by atoms with Crippen LogP contribution in [0.25, 0.3) is 0 Å². The molecule has 1 unspecified atom stereocenters. The smallest absolute Gasteiger partial charge is 0.216 e. The van der Waals surface area contributed by atoms with Crippen molar-refractivity contribution in [2.75, 3.05) is 13.7 Å². The Morgan fingerprint density at radius 2 is 1.95 bits per heavy atom. The minimum atomic E-state index is 0.236. The number of hydrogen-bond acceptors (Lipinski definition) is 4. The highest BCUT2D eigenvalue weighted by atomic mass is 16.5. The van der Waals surface area contributed by atoms with Crippen LogP contribution in [0.15, 0.2) is 36.4 Å². The summed E-state index contributed by atoms with van der Waals surface area (Å²) in [5.41, 5.74) is 2.24. The van der Waals surface area contributed by atoms with E-state index in [1.54, 1.807) is 0 Å². The summed E-state index contributed by atoms with van der Waals surface area (Å²) in [6, 6.07) is 12.5. The normalized spacial score (nSPS) is 12.2. The summed E-state index contributed by atoms with van der Waals surface area (Å²) < 4.78 is 5.48. The van der Waals surface area contributed by atoms with E-state index in [0.717, 1.165) is 17.9 Å². The molecule has 1 aromatic carbocycles. The first kappa shape index (κ1) is 14.5. The van der Waals surface area contributed by atoms with E-state index >= 15 is 0 Å². The van der Waals surface area contributed by atoms with Gasteiger partial charge < -0.3 is 10.1 Å². The summed E-state index contributed by atoms with van der Waals surface area (Å²) in [5.74, 6) is 1.40. The molecule has 0 aliphatic heterocycles. The van der Waals surface area contributed by atoms with Crippen molar-refractivity contribution in [3.8, 4) is 5.88 Å². The second kappa shape index (κ2) is 7.01. The van der Waals surface area contributed by atoms with Gasteiger partial charge in [-0.1, -0.05) is 30.3 Å². The quantitative estimate of drug-likeness (QED) is 0.877. The van der Waals surface area contributed by atoms with E-state index in [1.165, 1.54) is 5.56 Å². The van der Waals surface area contributed by atoms with Gasteiger partial charge in [-0.05, 0) is 26.5 Å². The van der Waals surface area contributed by atoms with Gasteiger partial charge in [-0.15, -0.1) is 0 Å². The standard InChI is InChI=1S/C16H21N3O/c1-4-20-16-11-14(18-12(2)19-16)10-15(17-3)13-8-6-5-7-9-13/h5-9,11,15,17H,4,10H2,1-3H3. The molecule has 106 valence electrons. The van der Waals surface area contributed by atoms with Gasteiger partial charge in [0.1, 0.15) is 5.82 Å². The SMILES string of the molecule is CCOc1cc(CC(NC)c2ccccc2)nc(C)n1. The summed E-state index contributed by atoms with van der Waals surface area (Å²) in [5, 5.41) is 3.34. The molecule has 0 aliphatic rings. The molecule has 0 saturated carbocycles. The molecule has 4 nitrogen and oxygen atoms in total. The van der Waals surface area contributed by atoms with E-state index in [1.807, 2.05) is 33.0 Å². The maximum absolute atomic E-state index is 5.48. The van der Waals surface area contributed by atoms with Crippen molar-refractivity contribution >= 4 is 0 Å². The summed E-state index contributed by atoms with van der Waals surface area (Å²) in [4.78, 5) is 8.77. The molecule has 1 heterocycles. The van der Waals surface area contributed by atoms with Crippen LogP contribution in [0.4, 0.5) is 0 Å². The first-order chi connectivity index (χ1) is 9.72. The summed E-state index contributed by atoms with van der Waals surface area (Å²) in [7, 11) is 1.97. The fourth-order valence-electron chi connectivity index (χ4n) is 2.21. The van der Waals surface area contributed by atoms with Crippen molar-refractivity contribution < 1.29 is 4.74 Å². The minimum Gasteiger partial charge on any atom is -0.478 e. The molecule has 0 bridgehead atoms. The molecule has 1 aromatic heterocycles. The van der Waals surface area contributed by atoms with Crippen LogP contribution < -0.4 is 10.1 Å². The lowest BCUT2D eigenvalue weighted by Crippen LogP contribution is -2.19. The number of aryl methyl sites for hydroxylation is 1. The summed E-state index contributed by atoms with van der Waals surface area (Å²) in [6.45, 7) is 4.46. The highest BCUT2D eigenvalue weighted by Crippen LogP contribution is 2.19. The van der Waals surface area contributed by atoms with E-state index in [2.05, 4.69) is 39.6 Å². The number of likely N-dealkylation sites (N-methyl/N-ethyl adjacent to an activating group) is 1. The maximum Gasteiger partial charge on any atom is 0.216 e. The first-order valence-electron chi connectivity index (χ1n) is 6.92. The lowest BCUT2D eigenvalue weighted by atomic mass is 10.0. The topological polar surface area (TPSA) is 47.0 Å². The second-order valence-corrected chi connectivity index (χ2v) is 4.63. The molecule has 2 aromatic rings. The van der Waals surface area contributed by atoms with Gasteiger partial charge in [-0.2, -0.15) is 4.98 Å². The van der Waals surface area contributed by atoms with Crippen LogP contribution in [-0.2, 0) is 6.42 Å². The van der Waals surface area contributed by atoms with Crippen molar-refractivity contribution in [3.05, 3.63) is 53.5 Å². The molecule has 0 fully saturated rings. The van der Waals surface area contributed by atoms with Crippen molar-refractivity contribution in [2.24, 2.45) is 0 Å². The number of aromatic nitrogens is 2. The van der Waals surface area contributed by atoms with Crippen molar-refractivity contribution in [1.82, 2.24) is 15.3 Å². The average Bonchev–Trinajstić information content (AvgIpc) is 2.45. The van der Waals surface area contributed by atoms with Crippen molar-refractivity contribution in [2.45, 2.75) is 26.3 Å². The molecule has 0 aliphatic carbocycles. The summed E-state index contributed by atoms with van der Waals surface area (Å²) >= 11 is 0. The Hall–Kier alpha value is -1.94. The molecule has 0 spiro atoms. The van der Waals surface area contributed by atoms with Gasteiger partial charge in [0.05, 0.1) is 6.61 Å². The zero-order valence-electron chi connectivity index (χ0n) is 12.3. The maximum atomic E-state index is 5.48. The number of hydrogen-bond donors (Lipinski definition) is 1. The molecule has 1 N–H and O–H groups in total. The third-order valence-corrected chi connectivity index (χ3v) is 3.12. The number of rotatable bonds is 6. The zero-order chi connectivity index (χ0) is 14.4. The first-order valence-corrected chi connectivity index (χ1v) is 6.92. The van der Waals surface area contributed by atoms with Gasteiger partial charge in [0.25, 0.3) is 0 Å². The number of ether oxygens (including phenoxy) is 1. The number of nitrogens with zero attached hydrogens (tertiary/aromatic N) is 2. The Morgan fingerprint density at radius 3 is 2.60 bits per heavy atom. The van der Waals surface area contributed by atoms with E-state index in [0.29, 0.717) is 12.5 Å². The largest absolute Gasteiger partial charge is 0.478 e. The minimum absolute atomic E-state index is 0.236. The molecule has 1 atom stereocenters. The van der Waals surface area contributed by atoms with Gasteiger partial charge in [0.2, 0.25) is 5.88 Å². The molecule has 4 heteroatoms. The van der Waals surface area contributed by atoms with Crippen LogP contribution >= 0.6 is 0 Å². The van der Waals surface area contributed by atoms with Gasteiger partial charge in [0.15, 0.2) is 0 Å². The zero-order valence-corrected chi connectivity index (χ0v) is 12.3. The highest BCUT2D eigenvalue weighted by Gasteiger charge is 2.12. The van der Waals surface area contributed by atoms with Gasteiger partial charge in [-0.3, -0.25) is 0 Å². The fraction of sp³-hybridized carbons (Fsp3) is 0.375. The second-order valence-electron chi connectivity index (χ2n) is 4.63. The van der Waals surface area contributed by atoms with Crippen LogP contribution in [-0.4, -0.2) is 23.6 Å². The Bertz CT molecular complexity index is 543. The molecule has 0 radical (unpaired) electrons. The van der Waals surface area contributed by atoms with Gasteiger partial charge >= 0.3 is 0 Å². The predicted molar refractivity (Wildman–Crippen MR) is 79.9 cm³/mol. The van der Waals surface area contributed by atoms with Crippen LogP contribution in [0, 0.1) is 6.92 Å². The van der Waals surface area contributed by atoms with E-state index in [-0.39, 0.29) is 6.04 Å². The highest BCUT2D eigenvalue weighted by molar-refractivity contribution is 5.23. The fourth-order valence-corrected chi connectivity index (χ4v) is 2.21. The van der Waals surface area contributed by atoms with Crippen LogP contribution in [0.3, 0.4) is 0 Å². The molecule has 0 amide bonds. The Kier molecular flexibility index (Phi) is 5.07. The third-order valence-electron chi connectivity index (χ3n) is 3.12. The lowest BCUT2D eigenvalue weighted by Gasteiger charge is -2.16. The lowest BCUT2D eigenvalue weighted by molar-refractivity contribution is 0.324. The van der Waals surface area contributed by atoms with Crippen molar-refractivity contribution in [1.29, 1.82) is 0 Å². The number of benzene rings is 1.